The highest BCUT2D eigenvalue weighted by molar-refractivity contribution is 5.81. The van der Waals surface area contributed by atoms with Crippen molar-refractivity contribution in [3.05, 3.63) is 0 Å². The maximum atomic E-state index is 13.3. The lowest BCUT2D eigenvalue weighted by Gasteiger charge is -2.23. The van der Waals surface area contributed by atoms with Crippen molar-refractivity contribution in [2.45, 2.75) is 64.0 Å². The van der Waals surface area contributed by atoms with E-state index >= 15 is 0 Å². The largest absolute Gasteiger partial charge is 0.467 e. The minimum Gasteiger partial charge on any atom is -0.467 e. The Hall–Kier alpha value is -1.37. The summed E-state index contributed by atoms with van der Waals surface area (Å²) in [6, 6.07) is -0.910. The number of carbonyl (C=O) groups is 2. The number of hydrogen-bond acceptors (Lipinski definition) is 5. The number of amides is 1. The van der Waals surface area contributed by atoms with E-state index in [0.717, 1.165) is 0 Å². The summed E-state index contributed by atoms with van der Waals surface area (Å²) < 4.78 is 23.0. The number of ether oxygens (including phenoxy) is 2. The van der Waals surface area contributed by atoms with Gasteiger partial charge in [-0.3, -0.25) is 0 Å². The Labute approximate surface area is 124 Å². The Balaban J connectivity index is 2.60. The van der Waals surface area contributed by atoms with E-state index in [1.165, 1.54) is 7.11 Å². The molecule has 1 fully saturated rings. The lowest BCUT2D eigenvalue weighted by molar-refractivity contribution is -0.143. The summed E-state index contributed by atoms with van der Waals surface area (Å²) >= 11 is 0. The molecule has 1 aliphatic rings. The van der Waals surface area contributed by atoms with Gasteiger partial charge in [0.05, 0.1) is 13.2 Å². The lowest BCUT2D eigenvalue weighted by atomic mass is 9.98. The first-order valence-electron chi connectivity index (χ1n) is 7.02. The predicted molar refractivity (Wildman–Crippen MR) is 73.4 cm³/mol. The van der Waals surface area contributed by atoms with Crippen LogP contribution in [0.5, 0.6) is 0 Å². The third-order valence-electron chi connectivity index (χ3n) is 3.30. The molecule has 0 bridgehead atoms. The van der Waals surface area contributed by atoms with Gasteiger partial charge in [0.15, 0.2) is 0 Å². The predicted octanol–water partition coefficient (Wildman–Crippen LogP) is 1.55. The summed E-state index contributed by atoms with van der Waals surface area (Å²) in [5.41, 5.74) is -0.682. The molecule has 0 aromatic carbocycles. The SMILES string of the molecule is COC(=O)C(C[C@@H]1C[C@H](O)[C@@H](F)C1)NC(=O)OC(C)(C)C. The van der Waals surface area contributed by atoms with Crippen molar-refractivity contribution in [2.24, 2.45) is 5.92 Å². The van der Waals surface area contributed by atoms with Gasteiger partial charge in [-0.05, 0) is 46.0 Å². The number of hydrogen-bond donors (Lipinski definition) is 2. The van der Waals surface area contributed by atoms with Crippen molar-refractivity contribution >= 4 is 12.1 Å². The van der Waals surface area contributed by atoms with Crippen LogP contribution in [0.15, 0.2) is 0 Å². The monoisotopic (exact) mass is 305 g/mol. The number of rotatable bonds is 4. The Kier molecular flexibility index (Phi) is 5.95. The van der Waals surface area contributed by atoms with Gasteiger partial charge < -0.3 is 19.9 Å². The van der Waals surface area contributed by atoms with Crippen molar-refractivity contribution < 1.29 is 28.6 Å². The summed E-state index contributed by atoms with van der Waals surface area (Å²) in [5.74, 6) is -0.799. The molecular weight excluding hydrogens is 281 g/mol. The third-order valence-corrected chi connectivity index (χ3v) is 3.30. The van der Waals surface area contributed by atoms with E-state index in [-0.39, 0.29) is 25.2 Å². The van der Waals surface area contributed by atoms with Gasteiger partial charge in [0.25, 0.3) is 0 Å². The van der Waals surface area contributed by atoms with Crippen molar-refractivity contribution in [2.75, 3.05) is 7.11 Å². The molecule has 21 heavy (non-hydrogen) atoms. The van der Waals surface area contributed by atoms with Gasteiger partial charge in [-0.2, -0.15) is 0 Å². The molecule has 6 nitrogen and oxygen atoms in total. The van der Waals surface area contributed by atoms with Gasteiger partial charge in [0.1, 0.15) is 17.8 Å². The normalized spacial score (nSPS) is 27.0. The number of halogens is 1. The molecule has 0 spiro atoms. The first-order chi connectivity index (χ1) is 9.62. The van der Waals surface area contributed by atoms with Crippen LogP contribution in [0.2, 0.25) is 0 Å². The Morgan fingerprint density at radius 1 is 1.38 bits per heavy atom. The molecule has 1 aliphatic carbocycles. The van der Waals surface area contributed by atoms with Crippen LogP contribution in [0, 0.1) is 5.92 Å². The average molecular weight is 305 g/mol. The highest BCUT2D eigenvalue weighted by atomic mass is 19.1. The number of alkyl halides is 1. The van der Waals surface area contributed by atoms with Crippen LogP contribution >= 0.6 is 0 Å². The van der Waals surface area contributed by atoms with E-state index in [0.29, 0.717) is 0 Å². The van der Waals surface area contributed by atoms with Gasteiger partial charge in [-0.15, -0.1) is 0 Å². The molecule has 2 N–H and O–H groups in total. The fourth-order valence-electron chi connectivity index (χ4n) is 2.39. The molecule has 0 radical (unpaired) electrons. The van der Waals surface area contributed by atoms with Crippen LogP contribution in [-0.2, 0) is 14.3 Å². The van der Waals surface area contributed by atoms with Crippen LogP contribution in [0.1, 0.15) is 40.0 Å². The van der Waals surface area contributed by atoms with Crippen molar-refractivity contribution in [3.63, 3.8) is 0 Å². The summed E-state index contributed by atoms with van der Waals surface area (Å²) in [6.07, 6.45) is -2.36. The fourth-order valence-corrected chi connectivity index (χ4v) is 2.39. The highest BCUT2D eigenvalue weighted by Gasteiger charge is 2.36. The summed E-state index contributed by atoms with van der Waals surface area (Å²) in [4.78, 5) is 23.4. The van der Waals surface area contributed by atoms with Gasteiger partial charge in [-0.1, -0.05) is 0 Å². The number of aliphatic hydroxyl groups excluding tert-OH is 1. The number of aliphatic hydroxyl groups is 1. The second-order valence-electron chi connectivity index (χ2n) is 6.38. The zero-order valence-electron chi connectivity index (χ0n) is 12.9. The van der Waals surface area contributed by atoms with Gasteiger partial charge in [0.2, 0.25) is 0 Å². The second kappa shape index (κ2) is 7.06. The van der Waals surface area contributed by atoms with Crippen LogP contribution < -0.4 is 5.32 Å². The fraction of sp³-hybridized carbons (Fsp3) is 0.857. The smallest absolute Gasteiger partial charge is 0.408 e. The topological polar surface area (TPSA) is 84.9 Å². The third kappa shape index (κ3) is 5.87. The highest BCUT2D eigenvalue weighted by Crippen LogP contribution is 2.31. The van der Waals surface area contributed by atoms with Crippen LogP contribution in [0.25, 0.3) is 0 Å². The van der Waals surface area contributed by atoms with E-state index in [2.05, 4.69) is 10.1 Å². The van der Waals surface area contributed by atoms with Crippen molar-refractivity contribution in [3.8, 4) is 0 Å². The molecule has 0 aromatic rings. The molecule has 1 unspecified atom stereocenters. The van der Waals surface area contributed by atoms with E-state index in [4.69, 9.17) is 4.74 Å². The molecule has 1 rings (SSSR count). The second-order valence-corrected chi connectivity index (χ2v) is 6.38. The zero-order valence-corrected chi connectivity index (χ0v) is 12.9. The quantitative estimate of drug-likeness (QED) is 0.770. The van der Waals surface area contributed by atoms with E-state index < -0.39 is 36.0 Å². The number of carbonyl (C=O) groups excluding carboxylic acids is 2. The minimum absolute atomic E-state index is 0.171. The van der Waals surface area contributed by atoms with Gasteiger partial charge in [-0.25, -0.2) is 14.0 Å². The number of nitrogens with one attached hydrogen (secondary N) is 1. The van der Waals surface area contributed by atoms with Crippen molar-refractivity contribution in [1.82, 2.24) is 5.32 Å². The molecule has 1 saturated carbocycles. The maximum absolute atomic E-state index is 13.3. The van der Waals surface area contributed by atoms with Crippen molar-refractivity contribution in [1.29, 1.82) is 0 Å². The molecule has 7 heteroatoms. The first kappa shape index (κ1) is 17.7. The van der Waals surface area contributed by atoms with Gasteiger partial charge in [0, 0.05) is 0 Å². The van der Waals surface area contributed by atoms with Gasteiger partial charge >= 0.3 is 12.1 Å². The molecule has 1 amide bonds. The number of esters is 1. The van der Waals surface area contributed by atoms with E-state index in [1.54, 1.807) is 20.8 Å². The van der Waals surface area contributed by atoms with Crippen LogP contribution in [-0.4, -0.2) is 48.2 Å². The maximum Gasteiger partial charge on any atom is 0.408 e. The Morgan fingerprint density at radius 3 is 2.43 bits per heavy atom. The molecule has 0 saturated heterocycles. The standard InChI is InChI=1S/C14H24FNO5/c1-14(2,3)21-13(19)16-10(12(18)20-4)6-8-5-9(15)11(17)7-8/h8-11,17H,5-7H2,1-4H3,(H,16,19)/t8-,9+,10?,11+/m1/s1. The minimum atomic E-state index is -1.28. The molecule has 122 valence electrons. The number of alkyl carbamates (subject to hydrolysis) is 1. The summed E-state index contributed by atoms with van der Waals surface area (Å²) in [5, 5.41) is 11.8. The lowest BCUT2D eigenvalue weighted by Crippen LogP contribution is -2.44. The molecular formula is C14H24FNO5. The number of methoxy groups -OCH3 is 1. The molecule has 0 aromatic heterocycles. The average Bonchev–Trinajstić information content (AvgIpc) is 2.64. The molecule has 4 atom stereocenters. The van der Waals surface area contributed by atoms with Crippen LogP contribution in [0.3, 0.4) is 0 Å². The van der Waals surface area contributed by atoms with E-state index in [9.17, 15) is 19.1 Å². The zero-order chi connectivity index (χ0) is 16.2. The van der Waals surface area contributed by atoms with Crippen LogP contribution in [0.4, 0.5) is 9.18 Å². The Bertz CT molecular complexity index is 372. The summed E-state index contributed by atoms with van der Waals surface area (Å²) in [6.45, 7) is 5.13. The molecule has 0 aliphatic heterocycles. The van der Waals surface area contributed by atoms with E-state index in [1.807, 2.05) is 0 Å². The first-order valence-corrected chi connectivity index (χ1v) is 7.02. The Morgan fingerprint density at radius 2 is 2.00 bits per heavy atom. The molecule has 0 heterocycles. The summed E-state index contributed by atoms with van der Waals surface area (Å²) in [7, 11) is 1.22.